The smallest absolute Gasteiger partial charge is 0.266 e. The number of tetrazole rings is 1. The summed E-state index contributed by atoms with van der Waals surface area (Å²) in [5, 5.41) is 14.1. The fourth-order valence-corrected chi connectivity index (χ4v) is 3.98. The van der Waals surface area contributed by atoms with E-state index in [9.17, 15) is 13.6 Å². The molecule has 0 saturated heterocycles. The van der Waals surface area contributed by atoms with Gasteiger partial charge in [0.05, 0.1) is 4.88 Å². The molecule has 136 valence electrons. The van der Waals surface area contributed by atoms with Crippen molar-refractivity contribution in [2.24, 2.45) is 0 Å². The van der Waals surface area contributed by atoms with Gasteiger partial charge in [0, 0.05) is 15.8 Å². The number of aromatic nitrogens is 4. The van der Waals surface area contributed by atoms with E-state index in [1.54, 1.807) is 26.0 Å². The number of benzene rings is 2. The number of nitrogens with one attached hydrogen (secondary N) is 1. The highest BCUT2D eigenvalue weighted by Crippen LogP contribution is 2.33. The molecule has 6 nitrogen and oxygen atoms in total. The van der Waals surface area contributed by atoms with Crippen LogP contribution in [0, 0.1) is 25.5 Å². The fourth-order valence-electron chi connectivity index (χ4n) is 2.86. The second kappa shape index (κ2) is 6.51. The lowest BCUT2D eigenvalue weighted by atomic mass is 10.1. The van der Waals surface area contributed by atoms with E-state index in [4.69, 9.17) is 0 Å². The molecule has 9 heteroatoms. The average Bonchev–Trinajstić information content (AvgIpc) is 3.21. The van der Waals surface area contributed by atoms with Crippen molar-refractivity contribution in [3.8, 4) is 5.69 Å². The Morgan fingerprint density at radius 3 is 2.67 bits per heavy atom. The Balaban J connectivity index is 1.69. The minimum Gasteiger partial charge on any atom is -0.321 e. The van der Waals surface area contributed by atoms with E-state index in [1.165, 1.54) is 40.3 Å². The molecule has 27 heavy (non-hydrogen) atoms. The Labute approximate surface area is 156 Å². The number of aryl methyl sites for hydroxylation is 2. The predicted molar refractivity (Wildman–Crippen MR) is 98.3 cm³/mol. The number of hydrogen-bond donors (Lipinski definition) is 1. The minimum atomic E-state index is -0.525. The summed E-state index contributed by atoms with van der Waals surface area (Å²) < 4.78 is 30.1. The first kappa shape index (κ1) is 17.2. The lowest BCUT2D eigenvalue weighted by Gasteiger charge is -2.08. The first-order valence-corrected chi connectivity index (χ1v) is 8.81. The number of hydrogen-bond acceptors (Lipinski definition) is 5. The van der Waals surface area contributed by atoms with Crippen LogP contribution in [0.1, 0.15) is 21.1 Å². The Morgan fingerprint density at radius 1 is 1.15 bits per heavy atom. The third-order valence-corrected chi connectivity index (χ3v) is 5.42. The summed E-state index contributed by atoms with van der Waals surface area (Å²) in [6.45, 7) is 3.34. The van der Waals surface area contributed by atoms with Crippen molar-refractivity contribution in [3.63, 3.8) is 0 Å². The third-order valence-electron chi connectivity index (χ3n) is 4.17. The number of nitrogens with zero attached hydrogens (tertiary/aromatic N) is 4. The summed E-state index contributed by atoms with van der Waals surface area (Å²) in [6.07, 6.45) is 0. The molecule has 2 aromatic heterocycles. The van der Waals surface area contributed by atoms with Gasteiger partial charge in [-0.1, -0.05) is 6.07 Å². The van der Waals surface area contributed by atoms with E-state index >= 15 is 0 Å². The highest BCUT2D eigenvalue weighted by Gasteiger charge is 2.19. The molecule has 4 aromatic rings. The molecule has 0 spiro atoms. The number of carbonyl (C=O) groups is 1. The van der Waals surface area contributed by atoms with Crippen molar-refractivity contribution in [1.82, 2.24) is 20.2 Å². The summed E-state index contributed by atoms with van der Waals surface area (Å²) in [6, 6.07) is 8.85. The molecule has 0 atom stereocenters. The maximum Gasteiger partial charge on any atom is 0.266 e. The van der Waals surface area contributed by atoms with Crippen molar-refractivity contribution >= 4 is 33.0 Å². The third kappa shape index (κ3) is 2.95. The summed E-state index contributed by atoms with van der Waals surface area (Å²) in [4.78, 5) is 13.1. The highest BCUT2D eigenvalue weighted by molar-refractivity contribution is 7.21. The van der Waals surface area contributed by atoms with Gasteiger partial charge < -0.3 is 5.32 Å². The number of rotatable bonds is 3. The van der Waals surface area contributed by atoms with Crippen LogP contribution >= 0.6 is 11.3 Å². The second-order valence-corrected chi connectivity index (χ2v) is 6.98. The Bertz CT molecular complexity index is 1180. The van der Waals surface area contributed by atoms with Gasteiger partial charge in [-0.25, -0.2) is 8.78 Å². The molecule has 0 aliphatic carbocycles. The van der Waals surface area contributed by atoms with Crippen LogP contribution in [0.5, 0.6) is 0 Å². The second-order valence-electron chi connectivity index (χ2n) is 5.93. The molecule has 0 fully saturated rings. The molecule has 0 aliphatic rings. The minimum absolute atomic E-state index is 0.120. The van der Waals surface area contributed by atoms with Crippen LogP contribution in [0.3, 0.4) is 0 Å². The van der Waals surface area contributed by atoms with E-state index in [2.05, 4.69) is 20.8 Å². The molecular formula is C18H13F2N5OS. The molecule has 2 heterocycles. The fraction of sp³-hybridized carbons (Fsp3) is 0.111. The molecule has 0 radical (unpaired) electrons. The Hall–Kier alpha value is -3.20. The van der Waals surface area contributed by atoms with Gasteiger partial charge in [0.25, 0.3) is 5.91 Å². The molecule has 1 amide bonds. The number of fused-ring (bicyclic) bond motifs is 1. The largest absolute Gasteiger partial charge is 0.321 e. The van der Waals surface area contributed by atoms with Crippen LogP contribution in [-0.2, 0) is 0 Å². The van der Waals surface area contributed by atoms with Crippen molar-refractivity contribution < 1.29 is 13.6 Å². The molecule has 0 bridgehead atoms. The zero-order valence-corrected chi connectivity index (χ0v) is 15.1. The van der Waals surface area contributed by atoms with Gasteiger partial charge in [-0.05, 0) is 60.2 Å². The molecule has 2 aromatic carbocycles. The van der Waals surface area contributed by atoms with E-state index < -0.39 is 5.82 Å². The van der Waals surface area contributed by atoms with E-state index in [0.29, 0.717) is 32.0 Å². The van der Waals surface area contributed by atoms with Crippen LogP contribution in [0.25, 0.3) is 15.8 Å². The maximum absolute atomic E-state index is 14.2. The molecule has 1 N–H and O–H groups in total. The van der Waals surface area contributed by atoms with Crippen LogP contribution in [0.2, 0.25) is 0 Å². The Kier molecular flexibility index (Phi) is 4.15. The lowest BCUT2D eigenvalue weighted by Crippen LogP contribution is -2.12. The van der Waals surface area contributed by atoms with Crippen LogP contribution < -0.4 is 5.32 Å². The normalized spacial score (nSPS) is 11.1. The average molecular weight is 385 g/mol. The van der Waals surface area contributed by atoms with Gasteiger partial charge in [0.1, 0.15) is 17.3 Å². The molecule has 0 aliphatic heterocycles. The summed E-state index contributed by atoms with van der Waals surface area (Å²) in [5.41, 5.74) is 1.07. The monoisotopic (exact) mass is 385 g/mol. The van der Waals surface area contributed by atoms with Gasteiger partial charge in [0.2, 0.25) is 0 Å². The molecule has 0 unspecified atom stereocenters. The summed E-state index contributed by atoms with van der Waals surface area (Å²) >= 11 is 1.21. The van der Waals surface area contributed by atoms with E-state index in [-0.39, 0.29) is 17.4 Å². The van der Waals surface area contributed by atoms with Gasteiger partial charge in [-0.15, -0.1) is 16.4 Å². The highest BCUT2D eigenvalue weighted by atomic mass is 32.1. The van der Waals surface area contributed by atoms with Gasteiger partial charge >= 0.3 is 0 Å². The topological polar surface area (TPSA) is 72.7 Å². The Morgan fingerprint density at radius 2 is 1.96 bits per heavy atom. The standard InChI is InChI=1S/C18H13F2N5OS/c1-9-16-13(20)4-3-5-15(16)27-17(9)18(26)21-11-6-7-12(19)14(8-11)25-10(2)22-23-24-25/h3-8H,1-2H3,(H,21,26). The number of carbonyl (C=O) groups excluding carboxylic acids is 1. The number of anilines is 1. The van der Waals surface area contributed by atoms with E-state index in [1.807, 2.05) is 0 Å². The zero-order valence-electron chi connectivity index (χ0n) is 14.3. The van der Waals surface area contributed by atoms with Crippen molar-refractivity contribution in [3.05, 3.63) is 64.3 Å². The predicted octanol–water partition coefficient (Wildman–Crippen LogP) is 4.02. The molecule has 4 rings (SSSR count). The van der Waals surface area contributed by atoms with Crippen LogP contribution in [-0.4, -0.2) is 26.1 Å². The summed E-state index contributed by atoms with van der Waals surface area (Å²) in [7, 11) is 0. The van der Waals surface area contributed by atoms with Crippen molar-refractivity contribution in [2.75, 3.05) is 5.32 Å². The number of halogens is 2. The van der Waals surface area contributed by atoms with Gasteiger partial charge in [-0.3, -0.25) is 4.79 Å². The quantitative estimate of drug-likeness (QED) is 0.578. The number of thiophene rings is 1. The van der Waals surface area contributed by atoms with E-state index in [0.717, 1.165) is 0 Å². The van der Waals surface area contributed by atoms with Crippen LogP contribution in [0.15, 0.2) is 36.4 Å². The molecular weight excluding hydrogens is 372 g/mol. The first-order chi connectivity index (χ1) is 13.0. The van der Waals surface area contributed by atoms with Gasteiger partial charge in [0.15, 0.2) is 5.82 Å². The molecule has 0 saturated carbocycles. The van der Waals surface area contributed by atoms with Crippen LogP contribution in [0.4, 0.5) is 14.5 Å². The van der Waals surface area contributed by atoms with Crippen molar-refractivity contribution in [2.45, 2.75) is 13.8 Å². The van der Waals surface area contributed by atoms with Crippen molar-refractivity contribution in [1.29, 1.82) is 0 Å². The lowest BCUT2D eigenvalue weighted by molar-refractivity contribution is 0.103. The summed E-state index contributed by atoms with van der Waals surface area (Å²) in [5.74, 6) is -0.866. The van der Waals surface area contributed by atoms with Gasteiger partial charge in [-0.2, -0.15) is 4.68 Å². The zero-order chi connectivity index (χ0) is 19.1. The first-order valence-electron chi connectivity index (χ1n) is 7.99. The number of amides is 1. The maximum atomic E-state index is 14.2. The SMILES string of the molecule is Cc1c(C(=O)Nc2ccc(F)c(-n3nnnc3C)c2)sc2cccc(F)c12.